The summed E-state index contributed by atoms with van der Waals surface area (Å²) in [6.07, 6.45) is 1.75. The summed E-state index contributed by atoms with van der Waals surface area (Å²) in [7, 11) is 0. The molecule has 2 aromatic heterocycles. The SMILES string of the molecule is O=c1[nH]c2ccccc2c(O)c1-c1c[nH]c2ccccc12. The van der Waals surface area contributed by atoms with Gasteiger partial charge in [-0.3, -0.25) is 4.79 Å². The summed E-state index contributed by atoms with van der Waals surface area (Å²) in [5.74, 6) is 0.0131. The fourth-order valence-corrected chi connectivity index (χ4v) is 2.75. The third kappa shape index (κ3) is 1.66. The molecule has 0 fully saturated rings. The lowest BCUT2D eigenvalue weighted by Gasteiger charge is -2.06. The van der Waals surface area contributed by atoms with Crippen LogP contribution in [0.1, 0.15) is 0 Å². The van der Waals surface area contributed by atoms with E-state index in [4.69, 9.17) is 0 Å². The fraction of sp³-hybridized carbons (Fsp3) is 0. The second-order valence-corrected chi connectivity index (χ2v) is 4.97. The first kappa shape index (κ1) is 11.8. The standard InChI is InChI=1S/C17H12N2O2/c20-16-11-6-2-4-8-14(11)19-17(21)15(16)12-9-18-13-7-3-1-5-10(12)13/h1-9,18H,(H2,19,20,21). The summed E-state index contributed by atoms with van der Waals surface area (Å²) in [6, 6.07) is 14.9. The van der Waals surface area contributed by atoms with Crippen molar-refractivity contribution in [1.82, 2.24) is 9.97 Å². The highest BCUT2D eigenvalue weighted by molar-refractivity contribution is 6.00. The van der Waals surface area contributed by atoms with Gasteiger partial charge in [0, 0.05) is 28.0 Å². The summed E-state index contributed by atoms with van der Waals surface area (Å²) in [6.45, 7) is 0. The first-order chi connectivity index (χ1) is 10.3. The molecule has 0 amide bonds. The molecule has 4 heteroatoms. The maximum atomic E-state index is 12.4. The van der Waals surface area contributed by atoms with Crippen LogP contribution in [-0.4, -0.2) is 15.1 Å². The van der Waals surface area contributed by atoms with Gasteiger partial charge in [0.25, 0.3) is 5.56 Å². The smallest absolute Gasteiger partial charge is 0.260 e. The number of para-hydroxylation sites is 2. The van der Waals surface area contributed by atoms with Gasteiger partial charge in [0.05, 0.1) is 11.1 Å². The van der Waals surface area contributed by atoms with Gasteiger partial charge < -0.3 is 15.1 Å². The molecule has 3 N–H and O–H groups in total. The van der Waals surface area contributed by atoms with E-state index >= 15 is 0 Å². The Hall–Kier alpha value is -3.01. The van der Waals surface area contributed by atoms with Gasteiger partial charge in [-0.05, 0) is 18.2 Å². The number of rotatable bonds is 1. The topological polar surface area (TPSA) is 68.9 Å². The molecule has 0 unspecified atom stereocenters. The molecule has 0 spiro atoms. The van der Waals surface area contributed by atoms with Gasteiger partial charge in [0.2, 0.25) is 0 Å². The summed E-state index contributed by atoms with van der Waals surface area (Å²) in [5, 5.41) is 12.1. The Balaban J connectivity index is 2.13. The number of fused-ring (bicyclic) bond motifs is 2. The summed E-state index contributed by atoms with van der Waals surface area (Å²) in [5.41, 5.74) is 2.26. The van der Waals surface area contributed by atoms with Gasteiger partial charge in [-0.2, -0.15) is 0 Å². The lowest BCUT2D eigenvalue weighted by Crippen LogP contribution is -2.09. The first-order valence-corrected chi connectivity index (χ1v) is 6.66. The molecular weight excluding hydrogens is 264 g/mol. The third-order valence-corrected chi connectivity index (χ3v) is 3.75. The summed E-state index contributed by atoms with van der Waals surface area (Å²) >= 11 is 0. The van der Waals surface area contributed by atoms with Crippen molar-refractivity contribution < 1.29 is 5.11 Å². The normalized spacial score (nSPS) is 11.2. The van der Waals surface area contributed by atoms with Crippen LogP contribution in [-0.2, 0) is 0 Å². The lowest BCUT2D eigenvalue weighted by molar-refractivity contribution is 0.482. The highest BCUT2D eigenvalue weighted by atomic mass is 16.3. The Kier molecular flexibility index (Phi) is 2.38. The van der Waals surface area contributed by atoms with Crippen LogP contribution in [0.5, 0.6) is 5.75 Å². The van der Waals surface area contributed by atoms with Crippen molar-refractivity contribution in [3.8, 4) is 16.9 Å². The molecule has 0 bridgehead atoms. The minimum absolute atomic E-state index is 0.0131. The molecule has 4 rings (SSSR count). The average molecular weight is 276 g/mol. The molecule has 4 nitrogen and oxygen atoms in total. The highest BCUT2D eigenvalue weighted by Crippen LogP contribution is 2.35. The molecule has 102 valence electrons. The number of benzene rings is 2. The van der Waals surface area contributed by atoms with Crippen LogP contribution < -0.4 is 5.56 Å². The van der Waals surface area contributed by atoms with Crippen LogP contribution in [0.15, 0.2) is 59.5 Å². The van der Waals surface area contributed by atoms with E-state index in [1.807, 2.05) is 36.4 Å². The van der Waals surface area contributed by atoms with Gasteiger partial charge in [-0.25, -0.2) is 0 Å². The van der Waals surface area contributed by atoms with E-state index in [-0.39, 0.29) is 11.3 Å². The number of hydrogen-bond acceptors (Lipinski definition) is 2. The van der Waals surface area contributed by atoms with Gasteiger partial charge in [0.1, 0.15) is 5.75 Å². The van der Waals surface area contributed by atoms with Gasteiger partial charge in [-0.1, -0.05) is 30.3 Å². The van der Waals surface area contributed by atoms with E-state index in [2.05, 4.69) is 9.97 Å². The van der Waals surface area contributed by atoms with E-state index in [9.17, 15) is 9.90 Å². The van der Waals surface area contributed by atoms with Crippen molar-refractivity contribution in [2.24, 2.45) is 0 Å². The summed E-state index contributed by atoms with van der Waals surface area (Å²) in [4.78, 5) is 18.3. The second kappa shape index (κ2) is 4.24. The molecule has 0 aliphatic heterocycles. The lowest BCUT2D eigenvalue weighted by atomic mass is 10.0. The minimum atomic E-state index is -0.295. The van der Waals surface area contributed by atoms with E-state index in [0.29, 0.717) is 22.0 Å². The van der Waals surface area contributed by atoms with Crippen molar-refractivity contribution in [2.45, 2.75) is 0 Å². The van der Waals surface area contributed by atoms with Crippen LogP contribution in [0.2, 0.25) is 0 Å². The van der Waals surface area contributed by atoms with Crippen LogP contribution in [0.25, 0.3) is 32.9 Å². The zero-order chi connectivity index (χ0) is 14.4. The predicted octanol–water partition coefficient (Wildman–Crippen LogP) is 3.38. The molecule has 0 saturated carbocycles. The summed E-state index contributed by atoms with van der Waals surface area (Å²) < 4.78 is 0. The van der Waals surface area contributed by atoms with Gasteiger partial charge in [0.15, 0.2) is 0 Å². The van der Waals surface area contributed by atoms with Crippen LogP contribution in [0.4, 0.5) is 0 Å². The number of aromatic nitrogens is 2. The van der Waals surface area contributed by atoms with Crippen molar-refractivity contribution >= 4 is 21.8 Å². The number of pyridine rings is 1. The Morgan fingerprint density at radius 1 is 0.857 bits per heavy atom. The third-order valence-electron chi connectivity index (χ3n) is 3.75. The van der Waals surface area contributed by atoms with E-state index in [1.165, 1.54) is 0 Å². The molecule has 0 atom stereocenters. The van der Waals surface area contributed by atoms with Gasteiger partial charge >= 0.3 is 0 Å². The number of nitrogens with one attached hydrogen (secondary N) is 2. The van der Waals surface area contributed by atoms with Gasteiger partial charge in [-0.15, -0.1) is 0 Å². The molecule has 0 aliphatic carbocycles. The predicted molar refractivity (Wildman–Crippen MR) is 83.5 cm³/mol. The number of aromatic amines is 2. The van der Waals surface area contributed by atoms with E-state index in [0.717, 1.165) is 10.9 Å². The quantitative estimate of drug-likeness (QED) is 0.499. The van der Waals surface area contributed by atoms with Crippen LogP contribution in [0, 0.1) is 0 Å². The fourth-order valence-electron chi connectivity index (χ4n) is 2.75. The number of aromatic hydroxyl groups is 1. The van der Waals surface area contributed by atoms with Crippen molar-refractivity contribution in [3.05, 3.63) is 65.1 Å². The van der Waals surface area contributed by atoms with Crippen LogP contribution >= 0.6 is 0 Å². The molecule has 2 heterocycles. The zero-order valence-electron chi connectivity index (χ0n) is 11.1. The Morgan fingerprint density at radius 2 is 1.52 bits per heavy atom. The Labute approximate surface area is 119 Å². The monoisotopic (exact) mass is 276 g/mol. The molecule has 0 saturated heterocycles. The van der Waals surface area contributed by atoms with Crippen LogP contribution in [0.3, 0.4) is 0 Å². The molecule has 0 radical (unpaired) electrons. The van der Waals surface area contributed by atoms with E-state index in [1.54, 1.807) is 18.3 Å². The van der Waals surface area contributed by atoms with Crippen molar-refractivity contribution in [1.29, 1.82) is 0 Å². The zero-order valence-corrected chi connectivity index (χ0v) is 11.1. The van der Waals surface area contributed by atoms with E-state index < -0.39 is 0 Å². The minimum Gasteiger partial charge on any atom is -0.506 e. The molecule has 4 aromatic rings. The molecular formula is C17H12N2O2. The maximum Gasteiger partial charge on any atom is 0.260 e. The average Bonchev–Trinajstić information content (AvgIpc) is 2.91. The number of hydrogen-bond donors (Lipinski definition) is 3. The molecule has 2 aromatic carbocycles. The highest BCUT2D eigenvalue weighted by Gasteiger charge is 2.16. The molecule has 21 heavy (non-hydrogen) atoms. The van der Waals surface area contributed by atoms with Crippen molar-refractivity contribution in [3.63, 3.8) is 0 Å². The number of H-pyrrole nitrogens is 2. The maximum absolute atomic E-state index is 12.4. The first-order valence-electron chi connectivity index (χ1n) is 6.66. The second-order valence-electron chi connectivity index (χ2n) is 4.97. The largest absolute Gasteiger partial charge is 0.506 e. The van der Waals surface area contributed by atoms with Crippen molar-refractivity contribution in [2.75, 3.05) is 0 Å². The Bertz CT molecular complexity index is 1030. The molecule has 0 aliphatic rings. The Morgan fingerprint density at radius 3 is 2.33 bits per heavy atom.